The van der Waals surface area contributed by atoms with E-state index in [-0.39, 0.29) is 18.0 Å². The van der Waals surface area contributed by atoms with Gasteiger partial charge in [-0.15, -0.1) is 0 Å². The van der Waals surface area contributed by atoms with Gasteiger partial charge in [0, 0.05) is 23.4 Å². The zero-order valence-corrected chi connectivity index (χ0v) is 15.7. The number of nitrogens with zero attached hydrogens (tertiary/aromatic N) is 2. The van der Waals surface area contributed by atoms with Crippen molar-refractivity contribution in [3.63, 3.8) is 0 Å². The average molecular weight is 380 g/mol. The monoisotopic (exact) mass is 380 g/mol. The number of aromatic nitrogens is 2. The molecule has 0 radical (unpaired) electrons. The number of rotatable bonds is 6. The van der Waals surface area contributed by atoms with Crippen LogP contribution in [0.1, 0.15) is 27.3 Å². The molecule has 0 aliphatic rings. The van der Waals surface area contributed by atoms with E-state index in [2.05, 4.69) is 15.7 Å². The minimum Gasteiger partial charge on any atom is -0.350 e. The lowest BCUT2D eigenvalue weighted by Crippen LogP contribution is -2.36. The number of amides is 2. The molecule has 0 bridgehead atoms. The topological polar surface area (TPSA) is 76.0 Å². The smallest absolute Gasteiger partial charge is 0.251 e. The SMILES string of the molecule is Cc1nn(-c2ccccc2)c(C)c1CNC(=O)CNC(=O)c1cccc(F)c1. The normalized spacial score (nSPS) is 10.5. The van der Waals surface area contributed by atoms with E-state index >= 15 is 0 Å². The van der Waals surface area contributed by atoms with Crippen molar-refractivity contribution in [3.05, 3.63) is 82.9 Å². The molecule has 3 aromatic rings. The van der Waals surface area contributed by atoms with Gasteiger partial charge in [-0.1, -0.05) is 24.3 Å². The van der Waals surface area contributed by atoms with Crippen LogP contribution in [0.2, 0.25) is 0 Å². The zero-order valence-electron chi connectivity index (χ0n) is 15.7. The molecule has 3 rings (SSSR count). The number of aryl methyl sites for hydroxylation is 1. The highest BCUT2D eigenvalue weighted by Gasteiger charge is 2.14. The summed E-state index contributed by atoms with van der Waals surface area (Å²) in [6, 6.07) is 15.0. The summed E-state index contributed by atoms with van der Waals surface area (Å²) in [4.78, 5) is 24.1. The van der Waals surface area contributed by atoms with Crippen molar-refractivity contribution < 1.29 is 14.0 Å². The Morgan fingerprint density at radius 1 is 1.04 bits per heavy atom. The minimum absolute atomic E-state index is 0.170. The van der Waals surface area contributed by atoms with Crippen molar-refractivity contribution >= 4 is 11.8 Å². The van der Waals surface area contributed by atoms with Gasteiger partial charge in [0.25, 0.3) is 5.91 Å². The van der Waals surface area contributed by atoms with Crippen molar-refractivity contribution in [2.24, 2.45) is 0 Å². The van der Waals surface area contributed by atoms with E-state index in [0.717, 1.165) is 28.7 Å². The molecule has 28 heavy (non-hydrogen) atoms. The Hall–Kier alpha value is -3.48. The molecule has 0 saturated heterocycles. The summed E-state index contributed by atoms with van der Waals surface area (Å²) >= 11 is 0. The Morgan fingerprint density at radius 3 is 2.50 bits per heavy atom. The highest BCUT2D eigenvalue weighted by molar-refractivity contribution is 5.96. The Morgan fingerprint density at radius 2 is 1.79 bits per heavy atom. The third-order valence-electron chi connectivity index (χ3n) is 4.40. The number of para-hydroxylation sites is 1. The van der Waals surface area contributed by atoms with Crippen LogP contribution in [0.4, 0.5) is 4.39 Å². The second-order valence-electron chi connectivity index (χ2n) is 6.37. The Balaban J connectivity index is 1.58. The molecule has 2 N–H and O–H groups in total. The molecule has 0 aliphatic heterocycles. The van der Waals surface area contributed by atoms with Gasteiger partial charge in [0.1, 0.15) is 5.82 Å². The van der Waals surface area contributed by atoms with Crippen molar-refractivity contribution in [2.75, 3.05) is 6.54 Å². The quantitative estimate of drug-likeness (QED) is 0.690. The van der Waals surface area contributed by atoms with Gasteiger partial charge in [0.2, 0.25) is 5.91 Å². The number of nitrogens with one attached hydrogen (secondary N) is 2. The predicted molar refractivity (Wildman–Crippen MR) is 104 cm³/mol. The summed E-state index contributed by atoms with van der Waals surface area (Å²) in [5.41, 5.74) is 3.80. The van der Waals surface area contributed by atoms with Crippen LogP contribution in [-0.4, -0.2) is 28.1 Å². The highest BCUT2D eigenvalue weighted by atomic mass is 19.1. The van der Waals surface area contributed by atoms with Gasteiger partial charge in [-0.3, -0.25) is 9.59 Å². The zero-order chi connectivity index (χ0) is 20.1. The van der Waals surface area contributed by atoms with E-state index in [4.69, 9.17) is 0 Å². The van der Waals surface area contributed by atoms with Crippen LogP contribution in [0, 0.1) is 19.7 Å². The summed E-state index contributed by atoms with van der Waals surface area (Å²) in [6.07, 6.45) is 0. The molecular weight excluding hydrogens is 359 g/mol. The van der Waals surface area contributed by atoms with Crippen LogP contribution in [0.15, 0.2) is 54.6 Å². The molecule has 144 valence electrons. The Bertz CT molecular complexity index is 999. The summed E-state index contributed by atoms with van der Waals surface area (Å²) < 4.78 is 15.0. The largest absolute Gasteiger partial charge is 0.350 e. The molecule has 1 aromatic heterocycles. The van der Waals surface area contributed by atoms with Gasteiger partial charge in [-0.25, -0.2) is 9.07 Å². The Kier molecular flexibility index (Phi) is 5.84. The van der Waals surface area contributed by atoms with Crippen molar-refractivity contribution in [1.29, 1.82) is 0 Å². The number of carbonyl (C=O) groups is 2. The maximum Gasteiger partial charge on any atom is 0.251 e. The van der Waals surface area contributed by atoms with Crippen molar-refractivity contribution in [3.8, 4) is 5.69 Å². The summed E-state index contributed by atoms with van der Waals surface area (Å²) in [6.45, 7) is 3.94. The van der Waals surface area contributed by atoms with Crippen LogP contribution in [0.25, 0.3) is 5.69 Å². The fourth-order valence-electron chi connectivity index (χ4n) is 2.89. The van der Waals surface area contributed by atoms with Crippen LogP contribution in [0.3, 0.4) is 0 Å². The van der Waals surface area contributed by atoms with E-state index in [9.17, 15) is 14.0 Å². The van der Waals surface area contributed by atoms with E-state index in [0.29, 0.717) is 6.54 Å². The van der Waals surface area contributed by atoms with Gasteiger partial charge in [-0.2, -0.15) is 5.10 Å². The molecule has 2 aromatic carbocycles. The van der Waals surface area contributed by atoms with Crippen LogP contribution in [0.5, 0.6) is 0 Å². The molecule has 0 saturated carbocycles. The first kappa shape index (κ1) is 19.3. The molecule has 1 heterocycles. The van der Waals surface area contributed by atoms with E-state index in [1.807, 2.05) is 48.9 Å². The molecule has 0 fully saturated rings. The fraction of sp³-hybridized carbons (Fsp3) is 0.190. The molecule has 0 spiro atoms. The maximum absolute atomic E-state index is 13.2. The number of carbonyl (C=O) groups excluding carboxylic acids is 2. The fourth-order valence-corrected chi connectivity index (χ4v) is 2.89. The summed E-state index contributed by atoms with van der Waals surface area (Å²) in [5, 5.41) is 9.81. The molecule has 0 atom stereocenters. The maximum atomic E-state index is 13.2. The van der Waals surface area contributed by atoms with E-state index in [1.165, 1.54) is 18.2 Å². The highest BCUT2D eigenvalue weighted by Crippen LogP contribution is 2.17. The first-order valence-electron chi connectivity index (χ1n) is 8.86. The number of hydrogen-bond acceptors (Lipinski definition) is 3. The molecule has 0 aliphatic carbocycles. The molecule has 0 unspecified atom stereocenters. The molecular formula is C21H21FN4O2. The predicted octanol–water partition coefficient (Wildman–Crippen LogP) is 2.67. The molecule has 6 nitrogen and oxygen atoms in total. The lowest BCUT2D eigenvalue weighted by molar-refractivity contribution is -0.120. The summed E-state index contributed by atoms with van der Waals surface area (Å²) in [5.74, 6) is -1.34. The molecule has 2 amide bonds. The first-order valence-corrected chi connectivity index (χ1v) is 8.86. The lowest BCUT2D eigenvalue weighted by Gasteiger charge is -2.08. The standard InChI is InChI=1S/C21H21FN4O2/c1-14-19(15(2)26(25-14)18-9-4-3-5-10-18)12-23-20(27)13-24-21(28)16-7-6-8-17(22)11-16/h3-11H,12-13H2,1-2H3,(H,23,27)(H,24,28). The van der Waals surface area contributed by atoms with E-state index < -0.39 is 11.7 Å². The van der Waals surface area contributed by atoms with Gasteiger partial charge in [0.15, 0.2) is 0 Å². The summed E-state index contributed by atoms with van der Waals surface area (Å²) in [7, 11) is 0. The lowest BCUT2D eigenvalue weighted by atomic mass is 10.2. The van der Waals surface area contributed by atoms with Gasteiger partial charge in [0.05, 0.1) is 17.9 Å². The minimum atomic E-state index is -0.501. The van der Waals surface area contributed by atoms with Crippen LogP contribution < -0.4 is 10.6 Å². The number of halogens is 1. The van der Waals surface area contributed by atoms with Crippen LogP contribution >= 0.6 is 0 Å². The van der Waals surface area contributed by atoms with Gasteiger partial charge in [-0.05, 0) is 44.2 Å². The second-order valence-corrected chi connectivity index (χ2v) is 6.37. The number of hydrogen-bond donors (Lipinski definition) is 2. The third kappa shape index (κ3) is 4.43. The van der Waals surface area contributed by atoms with Gasteiger partial charge < -0.3 is 10.6 Å². The average Bonchev–Trinajstić information content (AvgIpc) is 2.98. The third-order valence-corrected chi connectivity index (χ3v) is 4.40. The number of benzene rings is 2. The second kappa shape index (κ2) is 8.47. The molecule has 7 heteroatoms. The van der Waals surface area contributed by atoms with Crippen LogP contribution in [-0.2, 0) is 11.3 Å². The van der Waals surface area contributed by atoms with E-state index in [1.54, 1.807) is 0 Å². The Labute approximate surface area is 162 Å². The van der Waals surface area contributed by atoms with Gasteiger partial charge >= 0.3 is 0 Å². The van der Waals surface area contributed by atoms with Crippen molar-refractivity contribution in [1.82, 2.24) is 20.4 Å². The van der Waals surface area contributed by atoms with Crippen molar-refractivity contribution in [2.45, 2.75) is 20.4 Å². The first-order chi connectivity index (χ1) is 13.5.